The van der Waals surface area contributed by atoms with Crippen LogP contribution in [-0.2, 0) is 14.3 Å². The fourth-order valence-electron chi connectivity index (χ4n) is 7.10. The SMILES string of the molecule is CC/C=C/C=C/C=C\C=C/C=C/CCCC(CC(=O)NC(CO)C(O)CCCCCCCCCCCCCCCCCC)OC(=O)CCCCCCCCCCC. The summed E-state index contributed by atoms with van der Waals surface area (Å²) in [5, 5.41) is 23.7. The van der Waals surface area contributed by atoms with Gasteiger partial charge < -0.3 is 20.3 Å². The van der Waals surface area contributed by atoms with E-state index < -0.39 is 18.2 Å². The van der Waals surface area contributed by atoms with E-state index in [1.54, 1.807) is 0 Å². The van der Waals surface area contributed by atoms with Crippen molar-refractivity contribution >= 4 is 11.9 Å². The number of aliphatic hydroxyl groups is 2. The molecule has 0 fully saturated rings. The molecule has 0 radical (unpaired) electrons. The second kappa shape index (κ2) is 44.7. The molecule has 0 spiro atoms. The smallest absolute Gasteiger partial charge is 0.306 e. The van der Waals surface area contributed by atoms with E-state index in [1.165, 1.54) is 122 Å². The highest BCUT2D eigenvalue weighted by molar-refractivity contribution is 5.77. The van der Waals surface area contributed by atoms with Crippen molar-refractivity contribution in [2.24, 2.45) is 0 Å². The average Bonchev–Trinajstić information content (AvgIpc) is 3.20. The Morgan fingerprint density at radius 2 is 0.947 bits per heavy atom. The third kappa shape index (κ3) is 40.1. The zero-order chi connectivity index (χ0) is 41.7. The van der Waals surface area contributed by atoms with Gasteiger partial charge in [-0.3, -0.25) is 9.59 Å². The van der Waals surface area contributed by atoms with E-state index in [-0.39, 0.29) is 24.9 Å². The van der Waals surface area contributed by atoms with Crippen LogP contribution in [0.5, 0.6) is 0 Å². The lowest BCUT2D eigenvalue weighted by molar-refractivity contribution is -0.151. The topological polar surface area (TPSA) is 95.9 Å². The van der Waals surface area contributed by atoms with Gasteiger partial charge in [-0.15, -0.1) is 0 Å². The van der Waals surface area contributed by atoms with Crippen molar-refractivity contribution in [1.29, 1.82) is 0 Å². The van der Waals surface area contributed by atoms with E-state index in [9.17, 15) is 19.8 Å². The lowest BCUT2D eigenvalue weighted by Gasteiger charge is -2.24. The summed E-state index contributed by atoms with van der Waals surface area (Å²) in [5.74, 6) is -0.548. The van der Waals surface area contributed by atoms with E-state index in [2.05, 4.69) is 38.2 Å². The average molecular weight is 798 g/mol. The van der Waals surface area contributed by atoms with Crippen molar-refractivity contribution in [3.05, 3.63) is 60.8 Å². The number of nitrogens with one attached hydrogen (secondary N) is 1. The number of carbonyl (C=O) groups is 2. The molecule has 0 aromatic heterocycles. The lowest BCUT2D eigenvalue weighted by Crippen LogP contribution is -2.46. The molecule has 1 amide bonds. The van der Waals surface area contributed by atoms with Crippen LogP contribution in [0, 0.1) is 0 Å². The van der Waals surface area contributed by atoms with Gasteiger partial charge in [-0.05, 0) is 38.5 Å². The summed E-state index contributed by atoms with van der Waals surface area (Å²) in [6, 6.07) is -0.723. The van der Waals surface area contributed by atoms with Crippen LogP contribution in [0.1, 0.15) is 226 Å². The van der Waals surface area contributed by atoms with Gasteiger partial charge in [0.25, 0.3) is 0 Å². The minimum atomic E-state index is -0.805. The fraction of sp³-hybridized carbons (Fsp3) is 0.765. The van der Waals surface area contributed by atoms with Crippen molar-refractivity contribution in [3.8, 4) is 0 Å². The van der Waals surface area contributed by atoms with E-state index in [1.807, 2.05) is 48.6 Å². The highest BCUT2D eigenvalue weighted by Crippen LogP contribution is 2.17. The molecular formula is C51H91NO5. The van der Waals surface area contributed by atoms with Crippen LogP contribution in [0.2, 0.25) is 0 Å². The Balaban J connectivity index is 4.60. The standard InChI is InChI=1S/C51H91NO5/c1-4-7-10-13-16-19-21-23-24-25-27-29-32-34-37-40-43-49(54)48(46-53)52-50(55)45-47(57-51(56)44-41-38-35-30-18-15-12-9-6-3)42-39-36-33-31-28-26-22-20-17-14-11-8-5-2/h8,11,14,17,20,22,26,28,31,33,47-49,53-54H,4-7,9-10,12-13,15-16,18-19,21,23-25,27,29-30,32,34-46H2,1-3H3,(H,52,55)/b11-8+,17-14+,22-20-,28-26-,33-31+. The number of hydrogen-bond donors (Lipinski definition) is 3. The Bertz CT molecular complexity index is 1030. The first-order chi connectivity index (χ1) is 28.0. The van der Waals surface area contributed by atoms with Crippen molar-refractivity contribution in [1.82, 2.24) is 5.32 Å². The Labute approximate surface area is 352 Å². The molecule has 0 rings (SSSR count). The maximum Gasteiger partial charge on any atom is 0.306 e. The van der Waals surface area contributed by atoms with Gasteiger partial charge in [0, 0.05) is 6.42 Å². The molecule has 330 valence electrons. The molecule has 3 unspecified atom stereocenters. The Kier molecular flexibility index (Phi) is 42.7. The normalized spacial score (nSPS) is 13.8. The summed E-state index contributed by atoms with van der Waals surface area (Å²) in [7, 11) is 0. The lowest BCUT2D eigenvalue weighted by atomic mass is 10.0. The number of allylic oxidation sites excluding steroid dienone is 10. The molecule has 6 heteroatoms. The molecule has 0 aliphatic rings. The molecule has 0 aliphatic heterocycles. The van der Waals surface area contributed by atoms with Crippen LogP contribution in [-0.4, -0.2) is 46.9 Å². The molecule has 3 atom stereocenters. The van der Waals surface area contributed by atoms with E-state index in [0.717, 1.165) is 57.8 Å². The second-order valence-corrected chi connectivity index (χ2v) is 16.3. The van der Waals surface area contributed by atoms with Gasteiger partial charge >= 0.3 is 5.97 Å². The minimum Gasteiger partial charge on any atom is -0.462 e. The fourth-order valence-corrected chi connectivity index (χ4v) is 7.10. The number of unbranched alkanes of at least 4 members (excludes halogenated alkanes) is 24. The number of esters is 1. The molecular weight excluding hydrogens is 707 g/mol. The predicted octanol–water partition coefficient (Wildman–Crippen LogP) is 14.1. The van der Waals surface area contributed by atoms with Crippen molar-refractivity contribution in [2.45, 2.75) is 244 Å². The van der Waals surface area contributed by atoms with Crippen LogP contribution >= 0.6 is 0 Å². The van der Waals surface area contributed by atoms with Gasteiger partial charge in [-0.1, -0.05) is 236 Å². The quantitative estimate of drug-likeness (QED) is 0.0325. The van der Waals surface area contributed by atoms with E-state index in [4.69, 9.17) is 4.74 Å². The molecule has 0 saturated heterocycles. The van der Waals surface area contributed by atoms with Gasteiger partial charge in [-0.2, -0.15) is 0 Å². The minimum absolute atomic E-state index is 0.0289. The number of rotatable bonds is 42. The van der Waals surface area contributed by atoms with Gasteiger partial charge in [-0.25, -0.2) is 0 Å². The summed E-state index contributed by atoms with van der Waals surface area (Å²) in [6.45, 7) is 6.30. The Hall–Kier alpha value is -2.44. The van der Waals surface area contributed by atoms with E-state index >= 15 is 0 Å². The van der Waals surface area contributed by atoms with Gasteiger partial charge in [0.05, 0.1) is 25.2 Å². The number of aliphatic hydroxyl groups excluding tert-OH is 2. The van der Waals surface area contributed by atoms with Crippen molar-refractivity contribution in [3.63, 3.8) is 0 Å². The Morgan fingerprint density at radius 1 is 0.526 bits per heavy atom. The zero-order valence-corrected chi connectivity index (χ0v) is 37.5. The van der Waals surface area contributed by atoms with Crippen molar-refractivity contribution < 1.29 is 24.5 Å². The van der Waals surface area contributed by atoms with Crippen molar-refractivity contribution in [2.75, 3.05) is 6.61 Å². The molecule has 0 bridgehead atoms. The van der Waals surface area contributed by atoms with Gasteiger partial charge in [0.1, 0.15) is 6.10 Å². The second-order valence-electron chi connectivity index (χ2n) is 16.3. The molecule has 0 aromatic carbocycles. The third-order valence-corrected chi connectivity index (χ3v) is 10.7. The maximum atomic E-state index is 13.1. The third-order valence-electron chi connectivity index (χ3n) is 10.7. The first kappa shape index (κ1) is 54.6. The van der Waals surface area contributed by atoms with Crippen LogP contribution < -0.4 is 5.32 Å². The first-order valence-electron chi connectivity index (χ1n) is 24.1. The van der Waals surface area contributed by atoms with Crippen LogP contribution in [0.25, 0.3) is 0 Å². The molecule has 57 heavy (non-hydrogen) atoms. The molecule has 0 aliphatic carbocycles. The maximum absolute atomic E-state index is 13.1. The molecule has 0 heterocycles. The summed E-state index contributed by atoms with van der Waals surface area (Å²) >= 11 is 0. The summed E-state index contributed by atoms with van der Waals surface area (Å²) < 4.78 is 5.86. The predicted molar refractivity (Wildman–Crippen MR) is 245 cm³/mol. The summed E-state index contributed by atoms with van der Waals surface area (Å²) in [5.41, 5.74) is 0. The number of ether oxygens (including phenoxy) is 1. The number of hydrogen-bond acceptors (Lipinski definition) is 5. The van der Waals surface area contributed by atoms with E-state index in [0.29, 0.717) is 19.3 Å². The highest BCUT2D eigenvalue weighted by Gasteiger charge is 2.24. The molecule has 0 aromatic rings. The summed E-state index contributed by atoms with van der Waals surface area (Å²) in [4.78, 5) is 25.9. The highest BCUT2D eigenvalue weighted by atomic mass is 16.5. The molecule has 0 saturated carbocycles. The van der Waals surface area contributed by atoms with Crippen LogP contribution in [0.15, 0.2) is 60.8 Å². The van der Waals surface area contributed by atoms with Crippen LogP contribution in [0.3, 0.4) is 0 Å². The van der Waals surface area contributed by atoms with Gasteiger partial charge in [0.2, 0.25) is 5.91 Å². The number of carbonyl (C=O) groups excluding carboxylic acids is 2. The van der Waals surface area contributed by atoms with Crippen LogP contribution in [0.4, 0.5) is 0 Å². The molecule has 6 nitrogen and oxygen atoms in total. The largest absolute Gasteiger partial charge is 0.462 e. The molecule has 3 N–H and O–H groups in total. The van der Waals surface area contributed by atoms with Gasteiger partial charge in [0.15, 0.2) is 0 Å². The first-order valence-corrected chi connectivity index (χ1v) is 24.1. The Morgan fingerprint density at radius 3 is 1.40 bits per heavy atom. The monoisotopic (exact) mass is 798 g/mol. The number of amides is 1. The zero-order valence-electron chi connectivity index (χ0n) is 37.5. The summed E-state index contributed by atoms with van der Waals surface area (Å²) in [6.07, 6.45) is 54.3.